The minimum atomic E-state index is -1.06. The van der Waals surface area contributed by atoms with Gasteiger partial charge in [0.25, 0.3) is 0 Å². The number of hydrogen-bond acceptors (Lipinski definition) is 2. The molecule has 0 amide bonds. The van der Waals surface area contributed by atoms with Crippen molar-refractivity contribution >= 4 is 11.9 Å². The molecule has 2 saturated carbocycles. The van der Waals surface area contributed by atoms with Crippen molar-refractivity contribution in [2.24, 2.45) is 17.8 Å². The molecule has 0 atom stereocenters. The van der Waals surface area contributed by atoms with Gasteiger partial charge in [0.1, 0.15) is 0 Å². The molecule has 22 heavy (non-hydrogen) atoms. The number of carboxylic acids is 2. The number of carbonyl (C=O) groups is 2. The van der Waals surface area contributed by atoms with Crippen LogP contribution in [0.1, 0.15) is 66.2 Å². The third-order valence-corrected chi connectivity index (χ3v) is 4.73. The van der Waals surface area contributed by atoms with Gasteiger partial charge in [-0.25, -0.2) is 9.59 Å². The summed E-state index contributed by atoms with van der Waals surface area (Å²) in [6, 6.07) is 5.02. The molecule has 1 aromatic carbocycles. The van der Waals surface area contributed by atoms with Gasteiger partial charge in [-0.2, -0.15) is 0 Å². The molecule has 2 fully saturated rings. The summed E-state index contributed by atoms with van der Waals surface area (Å²) in [5.74, 6) is 1.23. The molecule has 1 aromatic rings. The Labute approximate surface area is 131 Å². The molecule has 0 radical (unpaired) electrons. The standard InChI is InChI=1S/C10H18.C8H6O4/c1-8-2-4-9(5-3-8)10-6-7-10;9-7(10)5-1-2-6(4-3-5)8(11)12/h8-10H,2-7H2,1H3;1-4H,(H,9,10)(H,11,12). The van der Waals surface area contributed by atoms with Crippen molar-refractivity contribution in [2.75, 3.05) is 0 Å². The van der Waals surface area contributed by atoms with Gasteiger partial charge in [-0.1, -0.05) is 19.8 Å². The Morgan fingerprint density at radius 3 is 1.36 bits per heavy atom. The van der Waals surface area contributed by atoms with Crippen LogP contribution in [0, 0.1) is 17.8 Å². The van der Waals surface area contributed by atoms with Gasteiger partial charge in [0.2, 0.25) is 0 Å². The maximum Gasteiger partial charge on any atom is 0.335 e. The van der Waals surface area contributed by atoms with E-state index in [1.165, 1.54) is 43.0 Å². The monoisotopic (exact) mass is 304 g/mol. The highest BCUT2D eigenvalue weighted by Crippen LogP contribution is 2.44. The van der Waals surface area contributed by atoms with E-state index in [0.29, 0.717) is 0 Å². The van der Waals surface area contributed by atoms with Crippen molar-refractivity contribution in [1.82, 2.24) is 0 Å². The number of hydrogen-bond donors (Lipinski definition) is 2. The number of aromatic carboxylic acids is 2. The first kappa shape index (κ1) is 16.5. The summed E-state index contributed by atoms with van der Waals surface area (Å²) < 4.78 is 0. The third-order valence-electron chi connectivity index (χ3n) is 4.73. The molecule has 2 aliphatic carbocycles. The summed E-state index contributed by atoms with van der Waals surface area (Å²) in [6.07, 6.45) is 9.23. The molecule has 0 saturated heterocycles. The zero-order valence-corrected chi connectivity index (χ0v) is 13.0. The summed E-state index contributed by atoms with van der Waals surface area (Å²) in [6.45, 7) is 2.41. The highest BCUT2D eigenvalue weighted by molar-refractivity contribution is 5.91. The van der Waals surface area contributed by atoms with E-state index in [1.807, 2.05) is 0 Å². The van der Waals surface area contributed by atoms with Crippen molar-refractivity contribution in [1.29, 1.82) is 0 Å². The molecule has 0 bridgehead atoms. The molecule has 2 N–H and O–H groups in total. The van der Waals surface area contributed by atoms with Crippen molar-refractivity contribution in [2.45, 2.75) is 45.4 Å². The SMILES string of the molecule is CC1CCC(C2CC2)CC1.O=C(O)c1ccc(C(=O)O)cc1. The second kappa shape index (κ2) is 7.43. The fraction of sp³-hybridized carbons (Fsp3) is 0.556. The van der Waals surface area contributed by atoms with Gasteiger partial charge in [0.15, 0.2) is 0 Å². The summed E-state index contributed by atoms with van der Waals surface area (Å²) in [5, 5.41) is 16.9. The zero-order valence-electron chi connectivity index (χ0n) is 13.0. The molecule has 0 unspecified atom stereocenters. The van der Waals surface area contributed by atoms with Gasteiger partial charge >= 0.3 is 11.9 Å². The maximum atomic E-state index is 10.3. The van der Waals surface area contributed by atoms with E-state index in [2.05, 4.69) is 6.92 Å². The van der Waals surface area contributed by atoms with E-state index in [9.17, 15) is 9.59 Å². The normalized spacial score (nSPS) is 24.0. The van der Waals surface area contributed by atoms with Crippen LogP contribution < -0.4 is 0 Å². The first-order chi connectivity index (χ1) is 10.5. The van der Waals surface area contributed by atoms with E-state index in [-0.39, 0.29) is 11.1 Å². The van der Waals surface area contributed by atoms with Crippen molar-refractivity contribution in [3.63, 3.8) is 0 Å². The fourth-order valence-electron chi connectivity index (χ4n) is 3.08. The fourth-order valence-corrected chi connectivity index (χ4v) is 3.08. The summed E-state index contributed by atoms with van der Waals surface area (Å²) >= 11 is 0. The number of carboxylic acid groups (broad SMARTS) is 2. The average Bonchev–Trinajstić information content (AvgIpc) is 3.33. The van der Waals surface area contributed by atoms with Gasteiger partial charge in [-0.15, -0.1) is 0 Å². The first-order valence-electron chi connectivity index (χ1n) is 8.04. The summed E-state index contributed by atoms with van der Waals surface area (Å²) in [5.41, 5.74) is 0.167. The van der Waals surface area contributed by atoms with Crippen molar-refractivity contribution in [3.05, 3.63) is 35.4 Å². The van der Waals surface area contributed by atoms with E-state index in [1.54, 1.807) is 25.7 Å². The van der Waals surface area contributed by atoms with E-state index in [0.717, 1.165) is 11.8 Å². The molecule has 0 aliphatic heterocycles. The second-order valence-electron chi connectivity index (χ2n) is 6.55. The Morgan fingerprint density at radius 2 is 1.09 bits per heavy atom. The lowest BCUT2D eigenvalue weighted by Crippen LogP contribution is -2.13. The van der Waals surface area contributed by atoms with Crippen LogP contribution in [-0.2, 0) is 0 Å². The van der Waals surface area contributed by atoms with E-state index >= 15 is 0 Å². The Balaban J connectivity index is 0.000000162. The van der Waals surface area contributed by atoms with Crippen LogP contribution in [0.15, 0.2) is 24.3 Å². The van der Waals surface area contributed by atoms with Gasteiger partial charge in [-0.05, 0) is 67.7 Å². The molecule has 0 aromatic heterocycles. The maximum absolute atomic E-state index is 10.3. The predicted octanol–water partition coefficient (Wildman–Crippen LogP) is 4.31. The minimum absolute atomic E-state index is 0.0833. The number of benzene rings is 1. The predicted molar refractivity (Wildman–Crippen MR) is 84.2 cm³/mol. The van der Waals surface area contributed by atoms with Crippen molar-refractivity contribution in [3.8, 4) is 0 Å². The van der Waals surface area contributed by atoms with Gasteiger partial charge < -0.3 is 10.2 Å². The van der Waals surface area contributed by atoms with Crippen LogP contribution in [0.2, 0.25) is 0 Å². The smallest absolute Gasteiger partial charge is 0.335 e. The lowest BCUT2D eigenvalue weighted by molar-refractivity contribution is 0.0681. The second-order valence-corrected chi connectivity index (χ2v) is 6.55. The van der Waals surface area contributed by atoms with E-state index in [4.69, 9.17) is 10.2 Å². The molecular weight excluding hydrogens is 280 g/mol. The van der Waals surface area contributed by atoms with Crippen LogP contribution in [0.5, 0.6) is 0 Å². The molecule has 3 rings (SSSR count). The third kappa shape index (κ3) is 4.86. The highest BCUT2D eigenvalue weighted by atomic mass is 16.4. The Kier molecular flexibility index (Phi) is 5.58. The van der Waals surface area contributed by atoms with Crippen LogP contribution >= 0.6 is 0 Å². The lowest BCUT2D eigenvalue weighted by Gasteiger charge is -2.25. The molecule has 4 heteroatoms. The van der Waals surface area contributed by atoms with Crippen LogP contribution in [-0.4, -0.2) is 22.2 Å². The molecule has 4 nitrogen and oxygen atoms in total. The Hall–Kier alpha value is -1.84. The average molecular weight is 304 g/mol. The highest BCUT2D eigenvalue weighted by Gasteiger charge is 2.32. The topological polar surface area (TPSA) is 74.6 Å². The van der Waals surface area contributed by atoms with Crippen LogP contribution in [0.3, 0.4) is 0 Å². The lowest BCUT2D eigenvalue weighted by atomic mass is 9.81. The molecule has 0 spiro atoms. The zero-order chi connectivity index (χ0) is 16.1. The Morgan fingerprint density at radius 1 is 0.773 bits per heavy atom. The Bertz CT molecular complexity index is 475. The number of rotatable bonds is 3. The summed E-state index contributed by atoms with van der Waals surface area (Å²) in [4.78, 5) is 20.7. The molecule has 2 aliphatic rings. The quantitative estimate of drug-likeness (QED) is 0.872. The van der Waals surface area contributed by atoms with Crippen molar-refractivity contribution < 1.29 is 19.8 Å². The summed E-state index contributed by atoms with van der Waals surface area (Å²) in [7, 11) is 0. The van der Waals surface area contributed by atoms with Gasteiger partial charge in [-0.3, -0.25) is 0 Å². The minimum Gasteiger partial charge on any atom is -0.478 e. The molecule has 120 valence electrons. The largest absolute Gasteiger partial charge is 0.478 e. The van der Waals surface area contributed by atoms with E-state index < -0.39 is 11.9 Å². The van der Waals surface area contributed by atoms with Gasteiger partial charge in [0.05, 0.1) is 11.1 Å². The molecule has 0 heterocycles. The van der Waals surface area contributed by atoms with Crippen LogP contribution in [0.25, 0.3) is 0 Å². The first-order valence-corrected chi connectivity index (χ1v) is 8.04. The van der Waals surface area contributed by atoms with Crippen LogP contribution in [0.4, 0.5) is 0 Å². The van der Waals surface area contributed by atoms with Gasteiger partial charge in [0, 0.05) is 0 Å². The molecular formula is C18H24O4.